The second kappa shape index (κ2) is 8.77. The maximum absolute atomic E-state index is 12.4. The molecule has 0 saturated carbocycles. The van der Waals surface area contributed by atoms with Gasteiger partial charge in [0, 0.05) is 18.6 Å². The molecular formula is C15H23ClN2O5S. The van der Waals surface area contributed by atoms with Gasteiger partial charge in [-0.2, -0.15) is 4.31 Å². The second-order valence-corrected chi connectivity index (χ2v) is 8.30. The van der Waals surface area contributed by atoms with Gasteiger partial charge in [0.15, 0.2) is 0 Å². The average Bonchev–Trinajstić information content (AvgIpc) is 2.51. The lowest BCUT2D eigenvalue weighted by Crippen LogP contribution is -2.45. The van der Waals surface area contributed by atoms with Gasteiger partial charge in [0.25, 0.3) is 0 Å². The molecule has 0 aliphatic carbocycles. The zero-order valence-electron chi connectivity index (χ0n) is 14.0. The van der Waals surface area contributed by atoms with Crippen LogP contribution in [-0.4, -0.2) is 62.7 Å². The monoisotopic (exact) mass is 378 g/mol. The smallest absolute Gasteiger partial charge is 0.243 e. The van der Waals surface area contributed by atoms with E-state index in [2.05, 4.69) is 5.32 Å². The number of carbonyl (C=O) groups is 1. The lowest BCUT2D eigenvalue weighted by atomic mass is 10.1. The molecule has 2 N–H and O–H groups in total. The standard InChI is InChI=1S/C15H23ClN2O5S/c1-15(2,23-9-8-19)11-17-14(20)10-18(3)24(21,22)13-6-4-12(16)5-7-13/h4-7,19H,8-11H2,1-3H3,(H,17,20). The van der Waals surface area contributed by atoms with Crippen LogP contribution in [0.4, 0.5) is 0 Å². The lowest BCUT2D eigenvalue weighted by molar-refractivity contribution is -0.122. The van der Waals surface area contributed by atoms with Gasteiger partial charge in [-0.25, -0.2) is 8.42 Å². The van der Waals surface area contributed by atoms with Gasteiger partial charge in [0.2, 0.25) is 15.9 Å². The van der Waals surface area contributed by atoms with E-state index in [1.165, 1.54) is 31.3 Å². The number of nitrogens with one attached hydrogen (secondary N) is 1. The van der Waals surface area contributed by atoms with E-state index < -0.39 is 21.5 Å². The molecule has 7 nitrogen and oxygen atoms in total. The molecule has 0 radical (unpaired) electrons. The van der Waals surface area contributed by atoms with Gasteiger partial charge >= 0.3 is 0 Å². The highest BCUT2D eigenvalue weighted by atomic mass is 35.5. The van der Waals surface area contributed by atoms with Crippen molar-refractivity contribution in [1.82, 2.24) is 9.62 Å². The Kier molecular flexibility index (Phi) is 7.62. The maximum Gasteiger partial charge on any atom is 0.243 e. The SMILES string of the molecule is CN(CC(=O)NCC(C)(C)OCCO)S(=O)(=O)c1ccc(Cl)cc1. The van der Waals surface area contributed by atoms with Gasteiger partial charge in [0.05, 0.1) is 30.3 Å². The Morgan fingerprint density at radius 2 is 1.92 bits per heavy atom. The molecule has 9 heteroatoms. The van der Waals surface area contributed by atoms with Gasteiger partial charge in [0.1, 0.15) is 0 Å². The number of aliphatic hydroxyl groups excluding tert-OH is 1. The summed E-state index contributed by atoms with van der Waals surface area (Å²) in [6, 6.07) is 5.72. The summed E-state index contributed by atoms with van der Waals surface area (Å²) in [7, 11) is -2.44. The van der Waals surface area contributed by atoms with Crippen molar-refractivity contribution in [1.29, 1.82) is 0 Å². The molecule has 0 aromatic heterocycles. The Bertz CT molecular complexity index is 646. The van der Waals surface area contributed by atoms with E-state index in [0.29, 0.717) is 5.02 Å². The van der Waals surface area contributed by atoms with Crippen LogP contribution in [0.2, 0.25) is 5.02 Å². The van der Waals surface area contributed by atoms with Crippen LogP contribution in [0.3, 0.4) is 0 Å². The summed E-state index contributed by atoms with van der Waals surface area (Å²) in [5.74, 6) is -0.448. The minimum Gasteiger partial charge on any atom is -0.394 e. The summed E-state index contributed by atoms with van der Waals surface area (Å²) < 4.78 is 31.1. The van der Waals surface area contributed by atoms with Crippen molar-refractivity contribution < 1.29 is 23.1 Å². The highest BCUT2D eigenvalue weighted by molar-refractivity contribution is 7.89. The molecule has 1 aromatic carbocycles. The number of hydrogen-bond donors (Lipinski definition) is 2. The molecule has 1 amide bonds. The largest absolute Gasteiger partial charge is 0.394 e. The van der Waals surface area contributed by atoms with Crippen LogP contribution in [0.5, 0.6) is 0 Å². The molecule has 1 aromatic rings. The first-order valence-electron chi connectivity index (χ1n) is 7.32. The Morgan fingerprint density at radius 1 is 1.33 bits per heavy atom. The summed E-state index contributed by atoms with van der Waals surface area (Å²) in [5, 5.41) is 11.8. The molecule has 0 atom stereocenters. The number of amides is 1. The first-order chi connectivity index (χ1) is 11.1. The van der Waals surface area contributed by atoms with Crippen LogP contribution in [0.25, 0.3) is 0 Å². The number of halogens is 1. The van der Waals surface area contributed by atoms with Gasteiger partial charge < -0.3 is 15.2 Å². The van der Waals surface area contributed by atoms with Gasteiger partial charge in [-0.05, 0) is 38.1 Å². The quantitative estimate of drug-likeness (QED) is 0.664. The van der Waals surface area contributed by atoms with Gasteiger partial charge in [-0.1, -0.05) is 11.6 Å². The molecule has 136 valence electrons. The number of hydrogen-bond acceptors (Lipinski definition) is 5. The number of aliphatic hydroxyl groups is 1. The van der Waals surface area contributed by atoms with Crippen molar-refractivity contribution in [2.24, 2.45) is 0 Å². The minimum absolute atomic E-state index is 0.0637. The maximum atomic E-state index is 12.4. The Morgan fingerprint density at radius 3 is 2.46 bits per heavy atom. The molecule has 24 heavy (non-hydrogen) atoms. The zero-order valence-corrected chi connectivity index (χ0v) is 15.5. The third-order valence-electron chi connectivity index (χ3n) is 3.18. The van der Waals surface area contributed by atoms with E-state index >= 15 is 0 Å². The van der Waals surface area contributed by atoms with Crippen LogP contribution in [-0.2, 0) is 19.6 Å². The fraction of sp³-hybridized carbons (Fsp3) is 0.533. The van der Waals surface area contributed by atoms with E-state index in [1.807, 2.05) is 0 Å². The van der Waals surface area contributed by atoms with E-state index in [-0.39, 0.29) is 31.2 Å². The van der Waals surface area contributed by atoms with Crippen molar-refractivity contribution in [3.8, 4) is 0 Å². The topological polar surface area (TPSA) is 95.9 Å². The molecule has 0 saturated heterocycles. The molecule has 1 rings (SSSR count). The number of ether oxygens (including phenoxy) is 1. The summed E-state index contributed by atoms with van der Waals surface area (Å²) in [4.78, 5) is 12.0. The Labute approximate surface area is 147 Å². The van der Waals surface area contributed by atoms with Crippen molar-refractivity contribution in [2.45, 2.75) is 24.3 Å². The molecule has 0 fully saturated rings. The third kappa shape index (κ3) is 6.37. The van der Waals surface area contributed by atoms with E-state index in [0.717, 1.165) is 4.31 Å². The predicted octanol–water partition coefficient (Wildman–Crippen LogP) is 0.864. The van der Waals surface area contributed by atoms with Gasteiger partial charge in [-0.3, -0.25) is 4.79 Å². The number of benzene rings is 1. The molecule has 0 heterocycles. The highest BCUT2D eigenvalue weighted by Gasteiger charge is 2.24. The Hall–Kier alpha value is -1.19. The first-order valence-corrected chi connectivity index (χ1v) is 9.14. The average molecular weight is 379 g/mol. The van der Waals surface area contributed by atoms with E-state index in [1.54, 1.807) is 13.8 Å². The summed E-state index contributed by atoms with van der Waals surface area (Å²) >= 11 is 5.75. The molecule has 0 aliphatic rings. The molecular weight excluding hydrogens is 356 g/mol. The van der Waals surface area contributed by atoms with E-state index in [9.17, 15) is 13.2 Å². The van der Waals surface area contributed by atoms with Gasteiger partial charge in [-0.15, -0.1) is 0 Å². The van der Waals surface area contributed by atoms with Crippen molar-refractivity contribution >= 4 is 27.5 Å². The fourth-order valence-electron chi connectivity index (χ4n) is 1.81. The number of carbonyl (C=O) groups excluding carboxylic acids is 1. The number of nitrogens with zero attached hydrogens (tertiary/aromatic N) is 1. The summed E-state index contributed by atoms with van der Waals surface area (Å²) in [6.07, 6.45) is 0. The molecule has 0 aliphatic heterocycles. The minimum atomic E-state index is -3.77. The Balaban J connectivity index is 2.61. The molecule has 0 spiro atoms. The highest BCUT2D eigenvalue weighted by Crippen LogP contribution is 2.17. The van der Waals surface area contributed by atoms with Crippen molar-refractivity contribution in [2.75, 3.05) is 33.4 Å². The van der Waals surface area contributed by atoms with Crippen LogP contribution in [0.15, 0.2) is 29.2 Å². The number of sulfonamides is 1. The first kappa shape index (κ1) is 20.9. The zero-order chi connectivity index (χ0) is 18.4. The van der Waals surface area contributed by atoms with Crippen molar-refractivity contribution in [3.05, 3.63) is 29.3 Å². The molecule has 0 bridgehead atoms. The predicted molar refractivity (Wildman–Crippen MR) is 91.4 cm³/mol. The van der Waals surface area contributed by atoms with Crippen LogP contribution in [0.1, 0.15) is 13.8 Å². The lowest BCUT2D eigenvalue weighted by Gasteiger charge is -2.26. The van der Waals surface area contributed by atoms with Crippen LogP contribution in [0, 0.1) is 0 Å². The van der Waals surface area contributed by atoms with Crippen LogP contribution < -0.4 is 5.32 Å². The molecule has 0 unspecified atom stereocenters. The summed E-state index contributed by atoms with van der Waals surface area (Å²) in [5.41, 5.74) is -0.661. The van der Waals surface area contributed by atoms with Crippen LogP contribution >= 0.6 is 11.6 Å². The number of likely N-dealkylation sites (N-methyl/N-ethyl adjacent to an activating group) is 1. The van der Waals surface area contributed by atoms with Crippen molar-refractivity contribution in [3.63, 3.8) is 0 Å². The summed E-state index contributed by atoms with van der Waals surface area (Å²) in [6.45, 7) is 3.45. The fourth-order valence-corrected chi connectivity index (χ4v) is 3.07. The van der Waals surface area contributed by atoms with E-state index in [4.69, 9.17) is 21.4 Å². The normalized spacial score (nSPS) is 12.4. The number of rotatable bonds is 9. The second-order valence-electron chi connectivity index (χ2n) is 5.82. The third-order valence-corrected chi connectivity index (χ3v) is 5.25.